The highest BCUT2D eigenvalue weighted by molar-refractivity contribution is 7.80. The predicted octanol–water partition coefficient (Wildman–Crippen LogP) is 1.89. The standard InChI is InChI=1S/C19H27N3O3S/c1-4-20-19(26)22-10-15(16(11-22)18(23)21-12-5-6-12)14-8-7-13(24-2)9-17(14)25-3/h7-9,12,15-16H,4-6,10-11H2,1-3H3,(H,20,26)(H,21,23). The highest BCUT2D eigenvalue weighted by Gasteiger charge is 2.42. The van der Waals surface area contributed by atoms with Crippen LogP contribution in [0.15, 0.2) is 18.2 Å². The van der Waals surface area contributed by atoms with E-state index in [4.69, 9.17) is 21.7 Å². The Morgan fingerprint density at radius 1 is 1.27 bits per heavy atom. The maximum Gasteiger partial charge on any atom is 0.225 e. The zero-order valence-electron chi connectivity index (χ0n) is 15.6. The molecule has 1 saturated heterocycles. The van der Waals surface area contributed by atoms with E-state index in [0.717, 1.165) is 36.4 Å². The Balaban J connectivity index is 1.87. The van der Waals surface area contributed by atoms with Gasteiger partial charge in [0, 0.05) is 43.2 Å². The number of thiocarbonyl (C=S) groups is 1. The third kappa shape index (κ3) is 4.03. The van der Waals surface area contributed by atoms with Crippen LogP contribution in [-0.4, -0.2) is 55.8 Å². The van der Waals surface area contributed by atoms with Crippen LogP contribution in [0.1, 0.15) is 31.2 Å². The quantitative estimate of drug-likeness (QED) is 0.739. The molecule has 0 radical (unpaired) electrons. The topological polar surface area (TPSA) is 62.8 Å². The largest absolute Gasteiger partial charge is 0.497 e. The molecule has 1 heterocycles. The molecule has 26 heavy (non-hydrogen) atoms. The van der Waals surface area contributed by atoms with Crippen molar-refractivity contribution in [1.82, 2.24) is 15.5 Å². The number of ether oxygens (including phenoxy) is 2. The van der Waals surface area contributed by atoms with Gasteiger partial charge in [0.25, 0.3) is 0 Å². The van der Waals surface area contributed by atoms with E-state index in [-0.39, 0.29) is 17.7 Å². The molecule has 2 N–H and O–H groups in total. The number of hydrogen-bond acceptors (Lipinski definition) is 4. The molecule has 0 bridgehead atoms. The fourth-order valence-corrected chi connectivity index (χ4v) is 3.77. The van der Waals surface area contributed by atoms with Crippen LogP contribution in [0.5, 0.6) is 11.5 Å². The molecule has 2 atom stereocenters. The van der Waals surface area contributed by atoms with Crippen LogP contribution in [0.4, 0.5) is 0 Å². The van der Waals surface area contributed by atoms with Crippen LogP contribution in [0.2, 0.25) is 0 Å². The summed E-state index contributed by atoms with van der Waals surface area (Å²) in [4.78, 5) is 14.9. The Hall–Kier alpha value is -2.02. The summed E-state index contributed by atoms with van der Waals surface area (Å²) in [5, 5.41) is 7.05. The highest BCUT2D eigenvalue weighted by Crippen LogP contribution is 2.39. The van der Waals surface area contributed by atoms with E-state index >= 15 is 0 Å². The van der Waals surface area contributed by atoms with Crippen molar-refractivity contribution in [2.75, 3.05) is 33.9 Å². The van der Waals surface area contributed by atoms with Crippen LogP contribution in [0.3, 0.4) is 0 Å². The van der Waals surface area contributed by atoms with Gasteiger partial charge < -0.3 is 25.0 Å². The number of benzene rings is 1. The first kappa shape index (κ1) is 18.8. The monoisotopic (exact) mass is 377 g/mol. The zero-order valence-corrected chi connectivity index (χ0v) is 16.4. The lowest BCUT2D eigenvalue weighted by atomic mass is 9.87. The van der Waals surface area contributed by atoms with Gasteiger partial charge in [0.05, 0.1) is 20.1 Å². The lowest BCUT2D eigenvalue weighted by Gasteiger charge is -2.21. The third-order valence-electron chi connectivity index (χ3n) is 5.04. The Bertz CT molecular complexity index is 678. The molecule has 0 spiro atoms. The van der Waals surface area contributed by atoms with E-state index < -0.39 is 0 Å². The molecule has 1 saturated carbocycles. The first-order valence-corrected chi connectivity index (χ1v) is 9.53. The van der Waals surface area contributed by atoms with Gasteiger partial charge in [-0.1, -0.05) is 6.07 Å². The molecule has 2 aliphatic rings. The first-order valence-electron chi connectivity index (χ1n) is 9.12. The minimum absolute atomic E-state index is 0.0196. The van der Waals surface area contributed by atoms with E-state index in [2.05, 4.69) is 15.5 Å². The summed E-state index contributed by atoms with van der Waals surface area (Å²) in [5.41, 5.74) is 1.02. The van der Waals surface area contributed by atoms with Gasteiger partial charge in [0.2, 0.25) is 5.91 Å². The number of carbonyl (C=O) groups excluding carboxylic acids is 1. The van der Waals surface area contributed by atoms with Crippen molar-refractivity contribution in [3.8, 4) is 11.5 Å². The van der Waals surface area contributed by atoms with Gasteiger partial charge in [0.15, 0.2) is 5.11 Å². The average Bonchev–Trinajstić information content (AvgIpc) is 3.35. The van der Waals surface area contributed by atoms with Gasteiger partial charge >= 0.3 is 0 Å². The van der Waals surface area contributed by atoms with E-state index in [0.29, 0.717) is 24.2 Å². The molecule has 142 valence electrons. The molecule has 0 aromatic heterocycles. The molecule has 1 amide bonds. The maximum absolute atomic E-state index is 12.9. The number of methoxy groups -OCH3 is 2. The smallest absolute Gasteiger partial charge is 0.225 e. The summed E-state index contributed by atoms with van der Waals surface area (Å²) < 4.78 is 10.9. The van der Waals surface area contributed by atoms with Crippen molar-refractivity contribution in [2.45, 2.75) is 31.7 Å². The van der Waals surface area contributed by atoms with Gasteiger partial charge in [0.1, 0.15) is 11.5 Å². The van der Waals surface area contributed by atoms with Crippen LogP contribution >= 0.6 is 12.2 Å². The summed E-state index contributed by atoms with van der Waals surface area (Å²) in [5.74, 6) is 1.45. The molecule has 1 aromatic rings. The molecule has 1 aromatic carbocycles. The summed E-state index contributed by atoms with van der Waals surface area (Å²) in [6, 6.07) is 6.13. The van der Waals surface area contributed by atoms with Gasteiger partial charge in [-0.15, -0.1) is 0 Å². The summed E-state index contributed by atoms with van der Waals surface area (Å²) >= 11 is 5.49. The summed E-state index contributed by atoms with van der Waals surface area (Å²) in [6.07, 6.45) is 2.16. The highest BCUT2D eigenvalue weighted by atomic mass is 32.1. The molecule has 1 aliphatic carbocycles. The fraction of sp³-hybridized carbons (Fsp3) is 0.579. The van der Waals surface area contributed by atoms with E-state index in [1.807, 2.05) is 25.1 Å². The van der Waals surface area contributed by atoms with Crippen molar-refractivity contribution >= 4 is 23.2 Å². The predicted molar refractivity (Wildman–Crippen MR) is 105 cm³/mol. The minimum atomic E-state index is -0.158. The number of hydrogen-bond donors (Lipinski definition) is 2. The number of amides is 1. The van der Waals surface area contributed by atoms with Crippen LogP contribution in [0, 0.1) is 5.92 Å². The van der Waals surface area contributed by atoms with Gasteiger partial charge in [-0.05, 0) is 38.0 Å². The van der Waals surface area contributed by atoms with Crippen molar-refractivity contribution in [3.63, 3.8) is 0 Å². The van der Waals surface area contributed by atoms with Gasteiger partial charge in [-0.25, -0.2) is 0 Å². The van der Waals surface area contributed by atoms with E-state index in [1.54, 1.807) is 14.2 Å². The second-order valence-corrected chi connectivity index (χ2v) is 7.23. The molecule has 7 heteroatoms. The summed E-state index contributed by atoms with van der Waals surface area (Å²) in [7, 11) is 3.28. The number of likely N-dealkylation sites (tertiary alicyclic amines) is 1. The molecule has 2 fully saturated rings. The number of nitrogens with one attached hydrogen (secondary N) is 2. The van der Waals surface area contributed by atoms with E-state index in [9.17, 15) is 4.79 Å². The summed E-state index contributed by atoms with van der Waals surface area (Å²) in [6.45, 7) is 4.09. The minimum Gasteiger partial charge on any atom is -0.497 e. The molecular formula is C19H27N3O3S. The van der Waals surface area contributed by atoms with Crippen molar-refractivity contribution < 1.29 is 14.3 Å². The molecule has 3 rings (SSSR count). The Kier molecular flexibility index (Phi) is 5.86. The van der Waals surface area contributed by atoms with Crippen molar-refractivity contribution in [1.29, 1.82) is 0 Å². The van der Waals surface area contributed by atoms with E-state index in [1.165, 1.54) is 0 Å². The Morgan fingerprint density at radius 2 is 2.04 bits per heavy atom. The van der Waals surface area contributed by atoms with Gasteiger partial charge in [-0.3, -0.25) is 4.79 Å². The lowest BCUT2D eigenvalue weighted by molar-refractivity contribution is -0.125. The van der Waals surface area contributed by atoms with Crippen molar-refractivity contribution in [2.24, 2.45) is 5.92 Å². The molecule has 1 aliphatic heterocycles. The Labute approximate surface area is 160 Å². The second kappa shape index (κ2) is 8.12. The third-order valence-corrected chi connectivity index (χ3v) is 5.44. The SMILES string of the molecule is CCNC(=S)N1CC(C(=O)NC2CC2)C(c2ccc(OC)cc2OC)C1. The van der Waals surface area contributed by atoms with Crippen LogP contribution < -0.4 is 20.1 Å². The normalized spacial score (nSPS) is 22.0. The molecular weight excluding hydrogens is 350 g/mol. The molecule has 2 unspecified atom stereocenters. The maximum atomic E-state index is 12.9. The van der Waals surface area contributed by atoms with Crippen molar-refractivity contribution in [3.05, 3.63) is 23.8 Å². The number of nitrogens with zero attached hydrogens (tertiary/aromatic N) is 1. The average molecular weight is 378 g/mol. The number of carbonyl (C=O) groups is 1. The first-order chi connectivity index (χ1) is 12.6. The second-order valence-electron chi connectivity index (χ2n) is 6.84. The number of rotatable bonds is 6. The fourth-order valence-electron chi connectivity index (χ4n) is 3.47. The molecule has 6 nitrogen and oxygen atoms in total. The zero-order chi connectivity index (χ0) is 18.7. The van der Waals surface area contributed by atoms with Crippen LogP contribution in [0.25, 0.3) is 0 Å². The van der Waals surface area contributed by atoms with Crippen LogP contribution in [-0.2, 0) is 4.79 Å². The lowest BCUT2D eigenvalue weighted by Crippen LogP contribution is -2.40. The van der Waals surface area contributed by atoms with Gasteiger partial charge in [-0.2, -0.15) is 0 Å². The Morgan fingerprint density at radius 3 is 2.65 bits per heavy atom.